The Morgan fingerprint density at radius 3 is 2.40 bits per heavy atom. The zero-order valence-electron chi connectivity index (χ0n) is 14.5. The molecule has 0 saturated heterocycles. The highest BCUT2D eigenvalue weighted by Crippen LogP contribution is 2.26. The Morgan fingerprint density at radius 1 is 1.04 bits per heavy atom. The predicted octanol–water partition coefficient (Wildman–Crippen LogP) is 4.28. The van der Waals surface area contributed by atoms with Gasteiger partial charge in [0.15, 0.2) is 0 Å². The molecule has 25 heavy (non-hydrogen) atoms. The summed E-state index contributed by atoms with van der Waals surface area (Å²) in [5.74, 6) is -0.510. The first-order valence-corrected chi connectivity index (χ1v) is 10.5. The summed E-state index contributed by atoms with van der Waals surface area (Å²) in [4.78, 5) is 0. The summed E-state index contributed by atoms with van der Waals surface area (Å²) in [7, 11) is -3.50. The summed E-state index contributed by atoms with van der Waals surface area (Å²) >= 11 is 0. The second-order valence-corrected chi connectivity index (χ2v) is 8.45. The molecule has 2 aromatic carbocycles. The van der Waals surface area contributed by atoms with E-state index in [1.54, 1.807) is 0 Å². The monoisotopic (exact) mass is 361 g/mol. The van der Waals surface area contributed by atoms with E-state index in [4.69, 9.17) is 0 Å². The fourth-order valence-electron chi connectivity index (χ4n) is 3.42. The standard InChI is InChI=1S/C20H24FNO2S/c1-2-20(18-10-9-16-5-3-4-6-17(16)13-18)22-25(23,24)14-15-7-11-19(21)12-8-15/h7-13,20,22H,2-6,14H2,1H3/t20-/m0/s1. The van der Waals surface area contributed by atoms with Crippen molar-refractivity contribution in [3.63, 3.8) is 0 Å². The second kappa shape index (κ2) is 7.67. The third-order valence-electron chi connectivity index (χ3n) is 4.77. The van der Waals surface area contributed by atoms with Gasteiger partial charge in [-0.05, 0) is 66.5 Å². The molecule has 0 saturated carbocycles. The maximum Gasteiger partial charge on any atom is 0.216 e. The Morgan fingerprint density at radius 2 is 1.72 bits per heavy atom. The van der Waals surface area contributed by atoms with Gasteiger partial charge in [0.05, 0.1) is 5.75 Å². The molecule has 3 nitrogen and oxygen atoms in total. The molecule has 0 fully saturated rings. The molecule has 2 aromatic rings. The zero-order chi connectivity index (χ0) is 17.9. The molecule has 134 valence electrons. The zero-order valence-corrected chi connectivity index (χ0v) is 15.3. The molecular weight excluding hydrogens is 337 g/mol. The molecule has 0 radical (unpaired) electrons. The summed E-state index contributed by atoms with van der Waals surface area (Å²) in [5, 5.41) is 0. The van der Waals surface area contributed by atoms with Crippen molar-refractivity contribution in [1.82, 2.24) is 4.72 Å². The van der Waals surface area contributed by atoms with E-state index in [9.17, 15) is 12.8 Å². The van der Waals surface area contributed by atoms with Crippen LogP contribution in [0.4, 0.5) is 4.39 Å². The Kier molecular flexibility index (Phi) is 5.54. The van der Waals surface area contributed by atoms with Crippen molar-refractivity contribution in [2.24, 2.45) is 0 Å². The summed E-state index contributed by atoms with van der Waals surface area (Å²) in [6.07, 6.45) is 5.30. The van der Waals surface area contributed by atoms with Crippen molar-refractivity contribution in [1.29, 1.82) is 0 Å². The van der Waals surface area contributed by atoms with E-state index in [0.29, 0.717) is 12.0 Å². The van der Waals surface area contributed by atoms with Crippen molar-refractivity contribution in [2.75, 3.05) is 0 Å². The minimum atomic E-state index is -3.50. The average Bonchev–Trinajstić information content (AvgIpc) is 2.61. The molecular formula is C20H24FNO2S. The highest BCUT2D eigenvalue weighted by atomic mass is 32.2. The number of hydrogen-bond donors (Lipinski definition) is 1. The van der Waals surface area contributed by atoms with Crippen LogP contribution in [0, 0.1) is 5.82 Å². The van der Waals surface area contributed by atoms with Gasteiger partial charge in [-0.2, -0.15) is 0 Å². The van der Waals surface area contributed by atoms with Crippen LogP contribution in [0.25, 0.3) is 0 Å². The smallest absolute Gasteiger partial charge is 0.212 e. The van der Waals surface area contributed by atoms with Crippen LogP contribution < -0.4 is 4.72 Å². The summed E-state index contributed by atoms with van der Waals surface area (Å²) in [6, 6.07) is 11.7. The second-order valence-electron chi connectivity index (χ2n) is 6.70. The van der Waals surface area contributed by atoms with E-state index in [0.717, 1.165) is 18.4 Å². The highest BCUT2D eigenvalue weighted by molar-refractivity contribution is 7.88. The van der Waals surface area contributed by atoms with Gasteiger partial charge < -0.3 is 0 Å². The molecule has 0 spiro atoms. The number of rotatable bonds is 6. The molecule has 0 aliphatic heterocycles. The number of sulfonamides is 1. The van der Waals surface area contributed by atoms with Gasteiger partial charge >= 0.3 is 0 Å². The molecule has 1 aliphatic carbocycles. The van der Waals surface area contributed by atoms with Crippen molar-refractivity contribution in [3.05, 3.63) is 70.5 Å². The van der Waals surface area contributed by atoms with Crippen LogP contribution in [0.5, 0.6) is 0 Å². The fraction of sp³-hybridized carbons (Fsp3) is 0.400. The molecule has 0 bridgehead atoms. The molecule has 3 rings (SSSR count). The van der Waals surface area contributed by atoms with Gasteiger partial charge in [-0.15, -0.1) is 0 Å². The molecule has 0 aromatic heterocycles. The van der Waals surface area contributed by atoms with Crippen LogP contribution >= 0.6 is 0 Å². The summed E-state index contributed by atoms with van der Waals surface area (Å²) in [6.45, 7) is 1.98. The number of hydrogen-bond acceptors (Lipinski definition) is 2. The van der Waals surface area contributed by atoms with E-state index in [-0.39, 0.29) is 17.6 Å². The maximum absolute atomic E-state index is 13.0. The van der Waals surface area contributed by atoms with Crippen molar-refractivity contribution < 1.29 is 12.8 Å². The predicted molar refractivity (Wildman–Crippen MR) is 98.3 cm³/mol. The third-order valence-corrected chi connectivity index (χ3v) is 6.13. The van der Waals surface area contributed by atoms with Crippen LogP contribution in [0.2, 0.25) is 0 Å². The SMILES string of the molecule is CC[C@H](NS(=O)(=O)Cc1ccc(F)cc1)c1ccc2c(c1)CCCC2. The van der Waals surface area contributed by atoms with Crippen LogP contribution in [-0.4, -0.2) is 8.42 Å². The van der Waals surface area contributed by atoms with Crippen LogP contribution in [0.3, 0.4) is 0 Å². The van der Waals surface area contributed by atoms with Crippen LogP contribution in [0.15, 0.2) is 42.5 Å². The Balaban J connectivity index is 1.75. The number of halogens is 1. The van der Waals surface area contributed by atoms with Crippen molar-refractivity contribution in [3.8, 4) is 0 Å². The molecule has 0 unspecified atom stereocenters. The van der Waals surface area contributed by atoms with Gasteiger partial charge in [-0.1, -0.05) is 37.3 Å². The molecule has 1 N–H and O–H groups in total. The lowest BCUT2D eigenvalue weighted by Gasteiger charge is -2.21. The van der Waals surface area contributed by atoms with E-state index >= 15 is 0 Å². The number of nitrogens with one attached hydrogen (secondary N) is 1. The van der Waals surface area contributed by atoms with Gasteiger partial charge in [0.25, 0.3) is 0 Å². The topological polar surface area (TPSA) is 46.2 Å². The summed E-state index contributed by atoms with van der Waals surface area (Å²) < 4.78 is 40.8. The molecule has 0 heterocycles. The number of benzene rings is 2. The molecule has 0 amide bonds. The van der Waals surface area contributed by atoms with Crippen molar-refractivity contribution in [2.45, 2.75) is 50.8 Å². The Bertz CT molecular complexity index is 831. The van der Waals surface area contributed by atoms with Gasteiger partial charge in [0.2, 0.25) is 10.0 Å². The van der Waals surface area contributed by atoms with Gasteiger partial charge in [0.1, 0.15) is 5.82 Å². The van der Waals surface area contributed by atoms with E-state index in [1.807, 2.05) is 13.0 Å². The third kappa shape index (κ3) is 4.67. The van der Waals surface area contributed by atoms with Crippen LogP contribution in [0.1, 0.15) is 54.5 Å². The van der Waals surface area contributed by atoms with E-state index < -0.39 is 10.0 Å². The lowest BCUT2D eigenvalue weighted by molar-refractivity contribution is 0.548. The quantitative estimate of drug-likeness (QED) is 0.835. The van der Waals surface area contributed by atoms with E-state index in [2.05, 4.69) is 16.9 Å². The molecule has 5 heteroatoms. The van der Waals surface area contributed by atoms with Crippen molar-refractivity contribution >= 4 is 10.0 Å². The normalized spacial score (nSPS) is 15.6. The largest absolute Gasteiger partial charge is 0.216 e. The lowest BCUT2D eigenvalue weighted by Crippen LogP contribution is -2.29. The van der Waals surface area contributed by atoms with Gasteiger partial charge in [0, 0.05) is 6.04 Å². The Hall–Kier alpha value is -1.72. The first kappa shape index (κ1) is 18.1. The maximum atomic E-state index is 13.0. The first-order valence-electron chi connectivity index (χ1n) is 8.83. The minimum absolute atomic E-state index is 0.144. The van der Waals surface area contributed by atoms with Crippen LogP contribution in [-0.2, 0) is 28.6 Å². The van der Waals surface area contributed by atoms with Gasteiger partial charge in [-0.25, -0.2) is 17.5 Å². The minimum Gasteiger partial charge on any atom is -0.212 e. The molecule has 1 aliphatic rings. The van der Waals surface area contributed by atoms with E-state index in [1.165, 1.54) is 48.2 Å². The summed E-state index contributed by atoms with van der Waals surface area (Å²) in [5.41, 5.74) is 4.33. The Labute approximate surface area is 149 Å². The fourth-order valence-corrected chi connectivity index (χ4v) is 4.87. The number of fused-ring (bicyclic) bond motifs is 1. The first-order chi connectivity index (χ1) is 12.0. The average molecular weight is 361 g/mol. The molecule has 1 atom stereocenters. The number of aryl methyl sites for hydroxylation is 2. The highest BCUT2D eigenvalue weighted by Gasteiger charge is 2.20. The lowest BCUT2D eigenvalue weighted by atomic mass is 9.89. The van der Waals surface area contributed by atoms with Gasteiger partial charge in [-0.3, -0.25) is 0 Å².